The Labute approximate surface area is 172 Å². The first-order chi connectivity index (χ1) is 14.2. The van der Waals surface area contributed by atoms with Crippen LogP contribution in [0.2, 0.25) is 0 Å². The number of carbonyl (C=O) groups excluding carboxylic acids is 2. The summed E-state index contributed by atoms with van der Waals surface area (Å²) in [7, 11) is 0. The number of pyridine rings is 1. The smallest absolute Gasteiger partial charge is 0.258 e. The van der Waals surface area contributed by atoms with E-state index in [0.29, 0.717) is 28.4 Å². The van der Waals surface area contributed by atoms with Crippen LogP contribution in [0.3, 0.4) is 0 Å². The third-order valence-electron chi connectivity index (χ3n) is 4.72. The van der Waals surface area contributed by atoms with Gasteiger partial charge in [0, 0.05) is 23.0 Å². The lowest BCUT2D eigenvalue weighted by Gasteiger charge is -2.10. The molecule has 1 aliphatic carbocycles. The predicted octanol–water partition coefficient (Wildman–Crippen LogP) is 4.54. The molecule has 0 spiro atoms. The molecule has 6 nitrogen and oxygen atoms in total. The van der Waals surface area contributed by atoms with E-state index < -0.39 is 0 Å². The number of anilines is 2. The first-order valence-corrected chi connectivity index (χ1v) is 10.4. The quantitative estimate of drug-likeness (QED) is 0.629. The molecule has 2 aromatic heterocycles. The van der Waals surface area contributed by atoms with Crippen LogP contribution in [-0.4, -0.2) is 23.4 Å². The molecule has 0 saturated carbocycles. The van der Waals surface area contributed by atoms with Gasteiger partial charge in [0.2, 0.25) is 0 Å². The molecule has 0 unspecified atom stereocenters. The topological polar surface area (TPSA) is 80.3 Å². The van der Waals surface area contributed by atoms with Gasteiger partial charge in [-0.15, -0.1) is 11.3 Å². The van der Waals surface area contributed by atoms with E-state index in [0.717, 1.165) is 30.6 Å². The summed E-state index contributed by atoms with van der Waals surface area (Å²) in [5.74, 6) is 0.273. The van der Waals surface area contributed by atoms with Crippen molar-refractivity contribution in [3.63, 3.8) is 0 Å². The summed E-state index contributed by atoms with van der Waals surface area (Å²) < 4.78 is 5.44. The highest BCUT2D eigenvalue weighted by Gasteiger charge is 2.27. The summed E-state index contributed by atoms with van der Waals surface area (Å²) in [4.78, 5) is 30.8. The average molecular weight is 407 g/mol. The summed E-state index contributed by atoms with van der Waals surface area (Å²) in [6.07, 6.45) is 5.94. The average Bonchev–Trinajstić information content (AvgIpc) is 3.31. The minimum atomic E-state index is -0.270. The molecular formula is C22H21N3O3S. The fourth-order valence-electron chi connectivity index (χ4n) is 3.40. The number of fused-ring (bicyclic) bond motifs is 1. The van der Waals surface area contributed by atoms with Crippen molar-refractivity contribution in [3.05, 3.63) is 70.4 Å². The van der Waals surface area contributed by atoms with Gasteiger partial charge in [0.1, 0.15) is 10.8 Å². The van der Waals surface area contributed by atoms with Gasteiger partial charge in [-0.1, -0.05) is 0 Å². The zero-order valence-electron chi connectivity index (χ0n) is 16.0. The van der Waals surface area contributed by atoms with E-state index in [1.807, 2.05) is 31.2 Å². The van der Waals surface area contributed by atoms with Crippen molar-refractivity contribution >= 4 is 33.8 Å². The van der Waals surface area contributed by atoms with Crippen LogP contribution in [-0.2, 0) is 12.8 Å². The van der Waals surface area contributed by atoms with Gasteiger partial charge in [-0.2, -0.15) is 0 Å². The molecular weight excluding hydrogens is 386 g/mol. The number of nitrogens with zero attached hydrogens (tertiary/aromatic N) is 1. The zero-order chi connectivity index (χ0) is 20.2. The molecule has 29 heavy (non-hydrogen) atoms. The molecule has 148 valence electrons. The lowest BCUT2D eigenvalue weighted by Crippen LogP contribution is -2.18. The first kappa shape index (κ1) is 19.1. The van der Waals surface area contributed by atoms with E-state index in [-0.39, 0.29) is 11.8 Å². The van der Waals surface area contributed by atoms with Gasteiger partial charge in [0.15, 0.2) is 0 Å². The number of aromatic nitrogens is 1. The maximum absolute atomic E-state index is 13.1. The minimum absolute atomic E-state index is 0.213. The Hall–Kier alpha value is -3.19. The maximum Gasteiger partial charge on any atom is 0.258 e. The van der Waals surface area contributed by atoms with Crippen molar-refractivity contribution in [1.29, 1.82) is 0 Å². The van der Waals surface area contributed by atoms with Crippen LogP contribution in [0.15, 0.2) is 48.8 Å². The highest BCUT2D eigenvalue weighted by Crippen LogP contribution is 2.39. The van der Waals surface area contributed by atoms with E-state index in [1.165, 1.54) is 22.4 Å². The second-order valence-corrected chi connectivity index (χ2v) is 7.77. The van der Waals surface area contributed by atoms with E-state index in [2.05, 4.69) is 15.6 Å². The van der Waals surface area contributed by atoms with Crippen LogP contribution in [0.25, 0.3) is 0 Å². The number of carbonyl (C=O) groups is 2. The van der Waals surface area contributed by atoms with E-state index >= 15 is 0 Å². The number of nitrogens with one attached hydrogen (secondary N) is 2. The van der Waals surface area contributed by atoms with E-state index in [9.17, 15) is 9.59 Å². The molecule has 0 bridgehead atoms. The number of thiophene rings is 1. The number of aryl methyl sites for hydroxylation is 1. The Kier molecular flexibility index (Phi) is 5.57. The van der Waals surface area contributed by atoms with Gasteiger partial charge < -0.3 is 15.4 Å². The van der Waals surface area contributed by atoms with Gasteiger partial charge in [-0.05, 0) is 68.1 Å². The molecule has 2 N–H and O–H groups in total. The van der Waals surface area contributed by atoms with Gasteiger partial charge in [0.05, 0.1) is 17.7 Å². The van der Waals surface area contributed by atoms with Gasteiger partial charge in [-0.3, -0.25) is 14.6 Å². The molecule has 3 aromatic rings. The van der Waals surface area contributed by atoms with Crippen molar-refractivity contribution in [2.75, 3.05) is 17.2 Å². The van der Waals surface area contributed by atoms with Gasteiger partial charge in [-0.25, -0.2) is 0 Å². The molecule has 0 fully saturated rings. The second-order valence-electron chi connectivity index (χ2n) is 6.67. The Morgan fingerprint density at radius 1 is 1.10 bits per heavy atom. The summed E-state index contributed by atoms with van der Waals surface area (Å²) in [5.41, 5.74) is 2.74. The van der Waals surface area contributed by atoms with E-state index in [1.54, 1.807) is 18.3 Å². The van der Waals surface area contributed by atoms with Crippen molar-refractivity contribution < 1.29 is 14.3 Å². The summed E-state index contributed by atoms with van der Waals surface area (Å²) in [6, 6.07) is 10.7. The monoisotopic (exact) mass is 407 g/mol. The Balaban J connectivity index is 1.57. The first-order valence-electron chi connectivity index (χ1n) is 9.56. The van der Waals surface area contributed by atoms with Crippen LogP contribution in [0, 0.1) is 0 Å². The fourth-order valence-corrected chi connectivity index (χ4v) is 4.68. The minimum Gasteiger partial charge on any atom is -0.494 e. The van der Waals surface area contributed by atoms with Crippen LogP contribution < -0.4 is 15.4 Å². The number of benzene rings is 1. The van der Waals surface area contributed by atoms with Crippen LogP contribution >= 0.6 is 11.3 Å². The van der Waals surface area contributed by atoms with E-state index in [4.69, 9.17) is 4.74 Å². The number of amides is 2. The Morgan fingerprint density at radius 3 is 2.66 bits per heavy atom. The molecule has 0 atom stereocenters. The molecule has 0 aliphatic heterocycles. The van der Waals surface area contributed by atoms with Gasteiger partial charge >= 0.3 is 0 Å². The molecule has 0 saturated heterocycles. The Bertz CT molecular complexity index is 1030. The van der Waals surface area contributed by atoms with Crippen molar-refractivity contribution in [1.82, 2.24) is 4.98 Å². The van der Waals surface area contributed by atoms with Gasteiger partial charge in [0.25, 0.3) is 11.8 Å². The zero-order valence-corrected chi connectivity index (χ0v) is 16.8. The Morgan fingerprint density at radius 2 is 1.93 bits per heavy atom. The summed E-state index contributed by atoms with van der Waals surface area (Å²) in [5, 5.41) is 6.44. The second kappa shape index (κ2) is 8.45. The van der Waals surface area contributed by atoms with Crippen molar-refractivity contribution in [3.8, 4) is 5.75 Å². The molecule has 0 radical (unpaired) electrons. The number of hydrogen-bond donors (Lipinski definition) is 2. The third-order valence-corrected chi connectivity index (χ3v) is 5.93. The van der Waals surface area contributed by atoms with Crippen molar-refractivity contribution in [2.45, 2.75) is 26.2 Å². The fraction of sp³-hybridized carbons (Fsp3) is 0.227. The molecule has 7 heteroatoms. The molecule has 4 rings (SSSR count). The normalized spacial score (nSPS) is 12.3. The standard InChI is InChI=1S/C22H21N3O3S/c1-2-28-16-10-8-15(9-11-16)24-21(27)19-17-6-3-7-18(17)29-22(19)25-20(26)14-5-4-12-23-13-14/h4-5,8-13H,2-3,6-7H2,1H3,(H,24,27)(H,25,26). The SMILES string of the molecule is CCOc1ccc(NC(=O)c2c(NC(=O)c3cccnc3)sc3c2CCC3)cc1. The highest BCUT2D eigenvalue weighted by atomic mass is 32.1. The number of ether oxygens (including phenoxy) is 1. The molecule has 1 aliphatic rings. The lowest BCUT2D eigenvalue weighted by molar-refractivity contribution is 0.102. The largest absolute Gasteiger partial charge is 0.494 e. The number of rotatable bonds is 6. The van der Waals surface area contributed by atoms with Crippen LogP contribution in [0.1, 0.15) is 44.5 Å². The predicted molar refractivity (Wildman–Crippen MR) is 114 cm³/mol. The molecule has 2 heterocycles. The summed E-state index contributed by atoms with van der Waals surface area (Å²) >= 11 is 1.49. The lowest BCUT2D eigenvalue weighted by atomic mass is 10.1. The molecule has 1 aromatic carbocycles. The molecule has 2 amide bonds. The van der Waals surface area contributed by atoms with Crippen LogP contribution in [0.4, 0.5) is 10.7 Å². The highest BCUT2D eigenvalue weighted by molar-refractivity contribution is 7.17. The maximum atomic E-state index is 13.1. The third kappa shape index (κ3) is 4.14. The summed E-state index contributed by atoms with van der Waals surface area (Å²) in [6.45, 7) is 2.51. The van der Waals surface area contributed by atoms with Crippen LogP contribution in [0.5, 0.6) is 5.75 Å². The number of hydrogen-bond acceptors (Lipinski definition) is 5. The van der Waals surface area contributed by atoms with Crippen molar-refractivity contribution in [2.24, 2.45) is 0 Å².